The molecule has 0 saturated heterocycles. The number of hydrogen-bond donors (Lipinski definition) is 2. The second kappa shape index (κ2) is 9.84. The lowest BCUT2D eigenvalue weighted by molar-refractivity contribution is 0.0686. The van der Waals surface area contributed by atoms with E-state index in [9.17, 15) is 9.18 Å². The molecular weight excluding hydrogens is 325 g/mol. The minimum atomic E-state index is -1.31. The molecule has 6 heteroatoms. The summed E-state index contributed by atoms with van der Waals surface area (Å²) in [7, 11) is 0. The van der Waals surface area contributed by atoms with E-state index >= 15 is 0 Å². The van der Waals surface area contributed by atoms with Gasteiger partial charge in [-0.25, -0.2) is 9.18 Å². The molecule has 0 fully saturated rings. The largest absolute Gasteiger partial charge is 0.494 e. The van der Waals surface area contributed by atoms with Gasteiger partial charge in [0.15, 0.2) is 11.5 Å². The summed E-state index contributed by atoms with van der Waals surface area (Å²) in [6.07, 6.45) is 5.63. The predicted octanol–water partition coefficient (Wildman–Crippen LogP) is 4.49. The summed E-state index contributed by atoms with van der Waals surface area (Å²) in [6, 6.07) is 6.96. The van der Waals surface area contributed by atoms with Crippen molar-refractivity contribution < 1.29 is 23.8 Å². The Kier molecular flexibility index (Phi) is 7.47. The van der Waals surface area contributed by atoms with Gasteiger partial charge in [-0.2, -0.15) is 0 Å². The fraction of sp³-hybridized carbons (Fsp3) is 0.421. The van der Waals surface area contributed by atoms with Gasteiger partial charge < -0.3 is 19.6 Å². The Morgan fingerprint density at radius 3 is 2.40 bits per heavy atom. The molecule has 0 aliphatic carbocycles. The number of carbonyl (C=O) groups is 1. The zero-order chi connectivity index (χ0) is 18.1. The summed E-state index contributed by atoms with van der Waals surface area (Å²) < 4.78 is 25.0. The van der Waals surface area contributed by atoms with Crippen molar-refractivity contribution in [2.24, 2.45) is 0 Å². The van der Waals surface area contributed by atoms with Crippen molar-refractivity contribution in [1.82, 2.24) is 4.98 Å². The molecule has 1 heterocycles. The Labute approximate surface area is 146 Å². The van der Waals surface area contributed by atoms with Crippen molar-refractivity contribution in [2.75, 3.05) is 19.8 Å². The number of aromatic carboxylic acids is 1. The maximum atomic E-state index is 14.0. The maximum Gasteiger partial charge on any atom is 0.355 e. The number of unbranched alkanes of at least 4 members (excludes halogenated alkanes) is 3. The normalized spacial score (nSPS) is 10.8. The number of rotatable bonds is 11. The van der Waals surface area contributed by atoms with E-state index in [1.165, 1.54) is 6.20 Å². The van der Waals surface area contributed by atoms with Gasteiger partial charge in [-0.3, -0.25) is 0 Å². The molecule has 5 nitrogen and oxygen atoms in total. The highest BCUT2D eigenvalue weighted by Gasteiger charge is 2.17. The molecule has 0 aliphatic rings. The van der Waals surface area contributed by atoms with Crippen molar-refractivity contribution in [3.63, 3.8) is 0 Å². The number of aromatic nitrogens is 1. The van der Waals surface area contributed by atoms with Crippen molar-refractivity contribution >= 4 is 5.97 Å². The Bertz CT molecular complexity index is 667. The van der Waals surface area contributed by atoms with E-state index in [1.54, 1.807) is 24.3 Å². The highest BCUT2D eigenvalue weighted by atomic mass is 19.1. The Hall–Kier alpha value is -2.34. The first-order valence-electron chi connectivity index (χ1n) is 8.54. The Morgan fingerprint density at radius 2 is 1.80 bits per heavy atom. The molecule has 0 amide bonds. The molecule has 0 bridgehead atoms. The highest BCUT2D eigenvalue weighted by Crippen LogP contribution is 2.26. The molecule has 2 aromatic rings. The van der Waals surface area contributed by atoms with Gasteiger partial charge >= 0.3 is 5.97 Å². The zero-order valence-corrected chi connectivity index (χ0v) is 14.4. The monoisotopic (exact) mass is 349 g/mol. The second-order valence-corrected chi connectivity index (χ2v) is 5.68. The maximum absolute atomic E-state index is 14.0. The van der Waals surface area contributed by atoms with Gasteiger partial charge in [-0.15, -0.1) is 0 Å². The van der Waals surface area contributed by atoms with Crippen molar-refractivity contribution in [2.45, 2.75) is 32.6 Å². The smallest absolute Gasteiger partial charge is 0.355 e. The minimum absolute atomic E-state index is 0.234. The molecule has 2 N–H and O–H groups in total. The number of nitrogens with one attached hydrogen (secondary N) is 1. The van der Waals surface area contributed by atoms with Crippen LogP contribution in [0.2, 0.25) is 0 Å². The first kappa shape index (κ1) is 19.0. The lowest BCUT2D eigenvalue weighted by Crippen LogP contribution is -1.99. The van der Waals surface area contributed by atoms with E-state index < -0.39 is 17.5 Å². The first-order chi connectivity index (χ1) is 12.1. The number of ether oxygens (including phenoxy) is 2. The average Bonchev–Trinajstić information content (AvgIpc) is 2.99. The van der Waals surface area contributed by atoms with E-state index in [0.29, 0.717) is 17.9 Å². The van der Waals surface area contributed by atoms with Crippen molar-refractivity contribution in [1.29, 1.82) is 0 Å². The zero-order valence-electron chi connectivity index (χ0n) is 14.4. The van der Waals surface area contributed by atoms with Crippen molar-refractivity contribution in [3.8, 4) is 16.9 Å². The third-order valence-corrected chi connectivity index (χ3v) is 3.85. The fourth-order valence-corrected chi connectivity index (χ4v) is 2.50. The fourth-order valence-electron chi connectivity index (χ4n) is 2.50. The van der Waals surface area contributed by atoms with E-state index in [2.05, 4.69) is 4.98 Å². The van der Waals surface area contributed by atoms with Crippen LogP contribution in [0.1, 0.15) is 43.1 Å². The molecule has 0 radical (unpaired) electrons. The summed E-state index contributed by atoms with van der Waals surface area (Å²) in [4.78, 5) is 13.3. The summed E-state index contributed by atoms with van der Waals surface area (Å²) in [5, 5.41) is 8.87. The molecule has 1 aromatic carbocycles. The second-order valence-electron chi connectivity index (χ2n) is 5.68. The molecule has 0 saturated carbocycles. The lowest BCUT2D eigenvalue weighted by atomic mass is 10.1. The average molecular weight is 349 g/mol. The number of halogens is 1. The van der Waals surface area contributed by atoms with Gasteiger partial charge in [0, 0.05) is 25.0 Å². The Balaban J connectivity index is 1.78. The standard InChI is InChI=1S/C19H24FNO4/c1-2-24-11-5-3-4-6-12-25-15-9-7-14(8-10-15)16-13-21-18(17(16)20)19(22)23/h7-10,13,21H,2-6,11-12H2,1H3,(H,22,23). The van der Waals surface area contributed by atoms with Crippen LogP contribution < -0.4 is 4.74 Å². The van der Waals surface area contributed by atoms with Crippen LogP contribution in [0.25, 0.3) is 11.1 Å². The number of aromatic amines is 1. The Morgan fingerprint density at radius 1 is 1.12 bits per heavy atom. The molecule has 0 aliphatic heterocycles. The third-order valence-electron chi connectivity index (χ3n) is 3.85. The highest BCUT2D eigenvalue weighted by molar-refractivity contribution is 5.88. The van der Waals surface area contributed by atoms with Crippen molar-refractivity contribution in [3.05, 3.63) is 42.0 Å². The van der Waals surface area contributed by atoms with Gasteiger partial charge in [0.1, 0.15) is 5.75 Å². The van der Waals surface area contributed by atoms with Gasteiger partial charge in [-0.1, -0.05) is 18.6 Å². The molecule has 0 spiro atoms. The van der Waals surface area contributed by atoms with Gasteiger partial charge in [0.2, 0.25) is 0 Å². The summed E-state index contributed by atoms with van der Waals surface area (Å²) in [6.45, 7) is 4.21. The van der Waals surface area contributed by atoms with Gasteiger partial charge in [0.25, 0.3) is 0 Å². The third kappa shape index (κ3) is 5.60. The molecule has 136 valence electrons. The SMILES string of the molecule is CCOCCCCCCOc1ccc(-c2c[nH]c(C(=O)O)c2F)cc1. The van der Waals surface area contributed by atoms with Gasteiger partial charge in [0.05, 0.1) is 6.61 Å². The van der Waals surface area contributed by atoms with E-state index in [0.717, 1.165) is 38.9 Å². The number of carboxylic acids is 1. The summed E-state index contributed by atoms with van der Waals surface area (Å²) in [5.41, 5.74) is 0.405. The topological polar surface area (TPSA) is 71.5 Å². The predicted molar refractivity (Wildman–Crippen MR) is 93.6 cm³/mol. The van der Waals surface area contributed by atoms with Crippen LogP contribution in [0.5, 0.6) is 5.75 Å². The number of hydrogen-bond acceptors (Lipinski definition) is 3. The molecule has 0 unspecified atom stereocenters. The van der Waals surface area contributed by atoms with E-state index in [-0.39, 0.29) is 5.56 Å². The summed E-state index contributed by atoms with van der Waals surface area (Å²) >= 11 is 0. The number of benzene rings is 1. The quantitative estimate of drug-likeness (QED) is 0.586. The molecule has 1 aromatic heterocycles. The minimum Gasteiger partial charge on any atom is -0.494 e. The van der Waals surface area contributed by atoms with Crippen LogP contribution in [0.3, 0.4) is 0 Å². The van der Waals surface area contributed by atoms with Crippen LogP contribution in [-0.4, -0.2) is 35.9 Å². The lowest BCUT2D eigenvalue weighted by Gasteiger charge is -2.07. The van der Waals surface area contributed by atoms with Gasteiger partial charge in [-0.05, 0) is 43.9 Å². The molecule has 0 atom stereocenters. The van der Waals surface area contributed by atoms with Crippen LogP contribution in [0, 0.1) is 5.82 Å². The van der Waals surface area contributed by atoms with Crippen LogP contribution in [0.4, 0.5) is 4.39 Å². The van der Waals surface area contributed by atoms with E-state index in [1.807, 2.05) is 6.92 Å². The van der Waals surface area contributed by atoms with E-state index in [4.69, 9.17) is 14.6 Å². The first-order valence-corrected chi connectivity index (χ1v) is 8.54. The molecular formula is C19H24FNO4. The van der Waals surface area contributed by atoms with Crippen LogP contribution in [-0.2, 0) is 4.74 Å². The van der Waals surface area contributed by atoms with Crippen LogP contribution >= 0.6 is 0 Å². The molecule has 2 rings (SSSR count). The number of H-pyrrole nitrogens is 1. The summed E-state index contributed by atoms with van der Waals surface area (Å²) in [5.74, 6) is -1.36. The molecule has 25 heavy (non-hydrogen) atoms. The van der Waals surface area contributed by atoms with Crippen LogP contribution in [0.15, 0.2) is 30.5 Å². The number of carboxylic acid groups (broad SMARTS) is 1.